The molecule has 0 aliphatic carbocycles. The number of amides is 1. The third-order valence-electron chi connectivity index (χ3n) is 8.40. The van der Waals surface area contributed by atoms with Crippen LogP contribution < -0.4 is 5.32 Å². The van der Waals surface area contributed by atoms with Gasteiger partial charge in [0.05, 0.1) is 13.2 Å². The van der Waals surface area contributed by atoms with Crippen molar-refractivity contribution in [3.05, 3.63) is 85.1 Å². The standard InChI is InChI=1S/C45H74NO10P/c1-3-5-7-9-11-13-15-16-17-18-19-20-21-22-23-24-25-26-27-28-30-32-34-36-43(48)46-42(45(50)51)40-56-57(52,53)55-39-41(47)38-54-44(49)37-35-33-31-29-14-12-10-8-6-4-2/h5,7-8,10-11,13,16-17,19-20,22-23,25-26,41-42,47H,3-4,6,9,12,14-15,18,21,24,27-40H2,1-2H3,(H,46,48)(H,50,51)(H,52,53)/b7-5-,10-8-,13-11-,17-16-,20-19-,23-22-,26-25-. The van der Waals surface area contributed by atoms with Gasteiger partial charge in [-0.15, -0.1) is 0 Å². The lowest BCUT2D eigenvalue weighted by atomic mass is 10.1. The maximum atomic E-state index is 12.3. The summed E-state index contributed by atoms with van der Waals surface area (Å²) in [5.41, 5.74) is 0. The Morgan fingerprint density at radius 2 is 1.02 bits per heavy atom. The summed E-state index contributed by atoms with van der Waals surface area (Å²) in [6.07, 6.45) is 47.6. The second-order valence-corrected chi connectivity index (χ2v) is 15.2. The van der Waals surface area contributed by atoms with Gasteiger partial charge in [-0.25, -0.2) is 9.36 Å². The number of carboxylic acids is 1. The van der Waals surface area contributed by atoms with Crippen LogP contribution in [0.3, 0.4) is 0 Å². The van der Waals surface area contributed by atoms with E-state index in [1.165, 1.54) is 0 Å². The molecule has 12 heteroatoms. The van der Waals surface area contributed by atoms with Crippen molar-refractivity contribution >= 4 is 25.7 Å². The van der Waals surface area contributed by atoms with Gasteiger partial charge in [0.2, 0.25) is 5.91 Å². The zero-order valence-electron chi connectivity index (χ0n) is 34.9. The minimum Gasteiger partial charge on any atom is -0.480 e. The van der Waals surface area contributed by atoms with E-state index in [1.54, 1.807) is 0 Å². The lowest BCUT2D eigenvalue weighted by Gasteiger charge is -2.18. The predicted octanol–water partition coefficient (Wildman–Crippen LogP) is 10.7. The first-order valence-corrected chi connectivity index (χ1v) is 22.6. The summed E-state index contributed by atoms with van der Waals surface area (Å²) in [5, 5.41) is 21.8. The van der Waals surface area contributed by atoms with Crippen LogP contribution in [0.5, 0.6) is 0 Å². The molecule has 0 fully saturated rings. The van der Waals surface area contributed by atoms with Gasteiger partial charge in [0.1, 0.15) is 12.7 Å². The number of hydrogen-bond donors (Lipinski definition) is 4. The van der Waals surface area contributed by atoms with Gasteiger partial charge in [0.15, 0.2) is 6.04 Å². The summed E-state index contributed by atoms with van der Waals surface area (Å²) in [6.45, 7) is 2.36. The highest BCUT2D eigenvalue weighted by Crippen LogP contribution is 2.43. The number of hydrogen-bond acceptors (Lipinski definition) is 8. The first-order valence-electron chi connectivity index (χ1n) is 21.1. The predicted molar refractivity (Wildman–Crippen MR) is 231 cm³/mol. The number of carboxylic acid groups (broad SMARTS) is 1. The number of unbranched alkanes of at least 4 members (excludes halogenated alkanes) is 10. The molecule has 0 aliphatic rings. The molecule has 0 aromatic rings. The summed E-state index contributed by atoms with van der Waals surface area (Å²) >= 11 is 0. The minimum absolute atomic E-state index is 0.110. The summed E-state index contributed by atoms with van der Waals surface area (Å²) in [7, 11) is -4.77. The largest absolute Gasteiger partial charge is 0.480 e. The molecule has 57 heavy (non-hydrogen) atoms. The fourth-order valence-electron chi connectivity index (χ4n) is 5.14. The number of aliphatic hydroxyl groups excluding tert-OH is 1. The van der Waals surface area contributed by atoms with Crippen LogP contribution in [0.1, 0.15) is 149 Å². The summed E-state index contributed by atoms with van der Waals surface area (Å²) in [5.74, 6) is -2.43. The van der Waals surface area contributed by atoms with E-state index in [0.29, 0.717) is 12.8 Å². The maximum Gasteiger partial charge on any atom is 0.472 e. The molecule has 11 nitrogen and oxygen atoms in total. The van der Waals surface area contributed by atoms with E-state index in [0.717, 1.165) is 109 Å². The Morgan fingerprint density at radius 1 is 0.579 bits per heavy atom. The smallest absolute Gasteiger partial charge is 0.472 e. The Labute approximate surface area is 343 Å². The third kappa shape index (κ3) is 39.3. The Hall–Kier alpha value is -3.34. The number of aliphatic carboxylic acids is 1. The van der Waals surface area contributed by atoms with E-state index >= 15 is 0 Å². The van der Waals surface area contributed by atoms with Gasteiger partial charge < -0.3 is 25.2 Å². The molecular formula is C45H74NO10P. The molecular weight excluding hydrogens is 745 g/mol. The fraction of sp³-hybridized carbons (Fsp3) is 0.622. The first-order chi connectivity index (χ1) is 27.6. The second kappa shape index (κ2) is 39.5. The van der Waals surface area contributed by atoms with E-state index in [9.17, 15) is 34.1 Å². The van der Waals surface area contributed by atoms with Crippen molar-refractivity contribution < 1.29 is 47.8 Å². The van der Waals surface area contributed by atoms with Crippen molar-refractivity contribution in [2.45, 2.75) is 161 Å². The summed E-state index contributed by atoms with van der Waals surface area (Å²) in [6, 6.07) is -1.57. The fourth-order valence-corrected chi connectivity index (χ4v) is 5.91. The number of aliphatic hydroxyl groups is 1. The van der Waals surface area contributed by atoms with Crippen LogP contribution in [0.15, 0.2) is 85.1 Å². The number of rotatable bonds is 38. The molecule has 324 valence electrons. The molecule has 0 rings (SSSR count). The monoisotopic (exact) mass is 820 g/mol. The highest BCUT2D eigenvalue weighted by atomic mass is 31.2. The van der Waals surface area contributed by atoms with Crippen molar-refractivity contribution in [1.82, 2.24) is 5.32 Å². The highest BCUT2D eigenvalue weighted by Gasteiger charge is 2.28. The zero-order chi connectivity index (χ0) is 42.1. The highest BCUT2D eigenvalue weighted by molar-refractivity contribution is 7.47. The van der Waals surface area contributed by atoms with Crippen molar-refractivity contribution in [2.24, 2.45) is 0 Å². The molecule has 4 N–H and O–H groups in total. The normalized spacial score (nSPS) is 14.6. The Balaban J connectivity index is 4.00. The number of carbonyl (C=O) groups excluding carboxylic acids is 2. The molecule has 0 saturated heterocycles. The van der Waals surface area contributed by atoms with Crippen LogP contribution in [-0.2, 0) is 32.7 Å². The van der Waals surface area contributed by atoms with Crippen LogP contribution >= 0.6 is 7.82 Å². The van der Waals surface area contributed by atoms with Gasteiger partial charge in [-0.05, 0) is 83.5 Å². The third-order valence-corrected chi connectivity index (χ3v) is 9.35. The quantitative estimate of drug-likeness (QED) is 0.0204. The molecule has 1 amide bonds. The van der Waals surface area contributed by atoms with Crippen LogP contribution in [0.4, 0.5) is 0 Å². The number of carbonyl (C=O) groups is 3. The van der Waals surface area contributed by atoms with E-state index in [4.69, 9.17) is 13.8 Å². The van der Waals surface area contributed by atoms with Gasteiger partial charge in [-0.1, -0.05) is 137 Å². The molecule has 0 aliphatic heterocycles. The van der Waals surface area contributed by atoms with Crippen molar-refractivity contribution in [1.29, 1.82) is 0 Å². The van der Waals surface area contributed by atoms with Gasteiger partial charge in [-0.2, -0.15) is 0 Å². The SMILES string of the molecule is CC/C=C\C/C=C\C/C=C\C/C=C\C/C=C\C/C=C\CCCCCCC(=O)NC(COP(=O)(O)OCC(O)COC(=O)CCCCCCC/C=C\CCC)C(=O)O. The average molecular weight is 820 g/mol. The average Bonchev–Trinajstić information content (AvgIpc) is 3.18. The number of esters is 1. The maximum absolute atomic E-state index is 12.3. The molecule has 3 atom stereocenters. The number of phosphoric ester groups is 1. The van der Waals surface area contributed by atoms with Crippen LogP contribution in [0.2, 0.25) is 0 Å². The van der Waals surface area contributed by atoms with E-state index < -0.39 is 57.6 Å². The zero-order valence-corrected chi connectivity index (χ0v) is 35.7. The number of phosphoric acid groups is 1. The molecule has 0 aromatic heterocycles. The Kier molecular flexibility index (Phi) is 37.2. The van der Waals surface area contributed by atoms with Crippen molar-refractivity contribution in [3.63, 3.8) is 0 Å². The number of nitrogens with one attached hydrogen (secondary N) is 1. The number of ether oxygens (including phenoxy) is 1. The molecule has 0 bridgehead atoms. The topological polar surface area (TPSA) is 169 Å². The summed E-state index contributed by atoms with van der Waals surface area (Å²) in [4.78, 5) is 45.8. The lowest BCUT2D eigenvalue weighted by molar-refractivity contribution is -0.147. The molecule has 0 heterocycles. The van der Waals surface area contributed by atoms with E-state index in [2.05, 4.69) is 104 Å². The molecule has 3 unspecified atom stereocenters. The first kappa shape index (κ1) is 53.7. The van der Waals surface area contributed by atoms with Gasteiger partial charge >= 0.3 is 19.8 Å². The van der Waals surface area contributed by atoms with Crippen molar-refractivity contribution in [3.8, 4) is 0 Å². The molecule has 0 radical (unpaired) electrons. The summed E-state index contributed by atoms with van der Waals surface area (Å²) < 4.78 is 26.7. The lowest BCUT2D eigenvalue weighted by Crippen LogP contribution is -2.43. The second-order valence-electron chi connectivity index (χ2n) is 13.8. The van der Waals surface area contributed by atoms with Crippen LogP contribution in [0, 0.1) is 0 Å². The van der Waals surface area contributed by atoms with Crippen molar-refractivity contribution in [2.75, 3.05) is 19.8 Å². The molecule has 0 aromatic carbocycles. The van der Waals surface area contributed by atoms with Gasteiger partial charge in [0, 0.05) is 12.8 Å². The molecule has 0 spiro atoms. The van der Waals surface area contributed by atoms with Gasteiger partial charge in [-0.3, -0.25) is 18.6 Å². The number of allylic oxidation sites excluding steroid dienone is 14. The Bertz CT molecular complexity index is 1290. The molecule has 0 saturated carbocycles. The van der Waals surface area contributed by atoms with E-state index in [-0.39, 0.29) is 12.8 Å². The van der Waals surface area contributed by atoms with Gasteiger partial charge in [0.25, 0.3) is 0 Å². The van der Waals surface area contributed by atoms with Crippen LogP contribution in [-0.4, -0.2) is 64.9 Å². The Morgan fingerprint density at radius 3 is 1.54 bits per heavy atom. The van der Waals surface area contributed by atoms with Crippen LogP contribution in [0.25, 0.3) is 0 Å². The van der Waals surface area contributed by atoms with E-state index in [1.807, 2.05) is 0 Å². The minimum atomic E-state index is -4.77.